The highest BCUT2D eigenvalue weighted by Crippen LogP contribution is 2.38. The molecular formula is C17H25FN5O5P. The summed E-state index contributed by atoms with van der Waals surface area (Å²) in [4.78, 5) is 19.4. The highest BCUT2D eigenvalue weighted by atomic mass is 31.1. The van der Waals surface area contributed by atoms with E-state index in [4.69, 9.17) is 19.7 Å². The van der Waals surface area contributed by atoms with Crippen molar-refractivity contribution in [3.05, 3.63) is 18.3 Å². The molecule has 10 nitrogen and oxygen atoms in total. The van der Waals surface area contributed by atoms with Crippen molar-refractivity contribution in [1.29, 1.82) is 0 Å². The van der Waals surface area contributed by atoms with E-state index in [0.717, 1.165) is 0 Å². The third-order valence-electron chi connectivity index (χ3n) is 4.46. The molecule has 1 aliphatic rings. The number of ether oxygens (including phenoxy) is 2. The zero-order valence-corrected chi connectivity index (χ0v) is 17.4. The van der Waals surface area contributed by atoms with Crippen molar-refractivity contribution in [1.82, 2.24) is 19.6 Å². The van der Waals surface area contributed by atoms with E-state index in [1.165, 1.54) is 12.5 Å². The van der Waals surface area contributed by atoms with Crippen LogP contribution in [0.2, 0.25) is 0 Å². The van der Waals surface area contributed by atoms with Gasteiger partial charge in [-0.25, -0.2) is 19.4 Å². The second-order valence-electron chi connectivity index (χ2n) is 7.19. The second-order valence-corrected chi connectivity index (χ2v) is 8.41. The summed E-state index contributed by atoms with van der Waals surface area (Å²) in [6.45, 7) is 5.29. The Morgan fingerprint density at radius 3 is 3.00 bits per heavy atom. The van der Waals surface area contributed by atoms with Gasteiger partial charge in [0.15, 0.2) is 11.5 Å². The molecule has 0 saturated carbocycles. The molecule has 2 aromatic rings. The Hall–Kier alpha value is -2.07. The molecule has 0 radical (unpaired) electrons. The van der Waals surface area contributed by atoms with E-state index in [2.05, 4.69) is 15.1 Å². The molecule has 0 amide bonds. The summed E-state index contributed by atoms with van der Waals surface area (Å²) in [5, 5.41) is 2.67. The van der Waals surface area contributed by atoms with Crippen LogP contribution in [0.15, 0.2) is 12.5 Å². The summed E-state index contributed by atoms with van der Waals surface area (Å²) >= 11 is 0. The number of aromatic nitrogens is 3. The monoisotopic (exact) mass is 429 g/mol. The van der Waals surface area contributed by atoms with Gasteiger partial charge in [-0.05, 0) is 20.3 Å². The number of hydrogen-bond donors (Lipinski definition) is 2. The first-order valence-corrected chi connectivity index (χ1v) is 10.6. The Bertz CT molecular complexity index is 908. The average molecular weight is 429 g/mol. The van der Waals surface area contributed by atoms with Crippen LogP contribution >= 0.6 is 8.18 Å². The Kier molecular flexibility index (Phi) is 6.84. The molecule has 0 aliphatic carbocycles. The first kappa shape index (κ1) is 21.6. The summed E-state index contributed by atoms with van der Waals surface area (Å²) < 4.78 is 44.0. The average Bonchev–Trinajstić information content (AvgIpc) is 3.18. The number of nitrogen functional groups attached to an aromatic ring is 1. The third kappa shape index (κ3) is 5.11. The molecule has 4 atom stereocenters. The topological polar surface area (TPSA) is 131 Å². The van der Waals surface area contributed by atoms with Crippen LogP contribution in [0, 0.1) is 11.7 Å². The first-order valence-electron chi connectivity index (χ1n) is 9.28. The largest absolute Gasteiger partial charge is 0.462 e. The van der Waals surface area contributed by atoms with Crippen LogP contribution < -0.4 is 10.8 Å². The van der Waals surface area contributed by atoms with Gasteiger partial charge in [-0.1, -0.05) is 6.92 Å². The van der Waals surface area contributed by atoms with Gasteiger partial charge in [0.1, 0.15) is 24.9 Å². The Balaban J connectivity index is 1.56. The van der Waals surface area contributed by atoms with Crippen molar-refractivity contribution in [3.63, 3.8) is 0 Å². The van der Waals surface area contributed by atoms with Crippen molar-refractivity contribution < 1.29 is 27.7 Å². The zero-order chi connectivity index (χ0) is 21.1. The van der Waals surface area contributed by atoms with Crippen LogP contribution in [0.25, 0.3) is 11.0 Å². The maximum atomic E-state index is 14.3. The van der Waals surface area contributed by atoms with Crippen LogP contribution in [0.5, 0.6) is 0 Å². The highest BCUT2D eigenvalue weighted by Gasteiger charge is 2.35. The van der Waals surface area contributed by atoms with Crippen LogP contribution in [-0.2, 0) is 23.4 Å². The van der Waals surface area contributed by atoms with Gasteiger partial charge in [-0.3, -0.25) is 9.36 Å². The lowest BCUT2D eigenvalue weighted by Crippen LogP contribution is -2.23. The van der Waals surface area contributed by atoms with Gasteiger partial charge < -0.3 is 24.3 Å². The maximum absolute atomic E-state index is 14.3. The molecular weight excluding hydrogens is 404 g/mol. The van der Waals surface area contributed by atoms with Crippen molar-refractivity contribution >= 4 is 31.0 Å². The predicted molar refractivity (Wildman–Crippen MR) is 104 cm³/mol. The van der Waals surface area contributed by atoms with Gasteiger partial charge in [0, 0.05) is 12.1 Å². The first-order chi connectivity index (χ1) is 13.8. The number of nitrogens with two attached hydrogens (primary N) is 1. The molecule has 0 spiro atoms. The minimum absolute atomic E-state index is 0.0334. The molecule has 1 saturated heterocycles. The number of fused-ring (bicyclic) bond motifs is 1. The molecule has 0 bridgehead atoms. The number of anilines is 1. The van der Waals surface area contributed by atoms with Crippen LogP contribution in [0.1, 0.15) is 33.4 Å². The second kappa shape index (κ2) is 9.17. The molecule has 3 heterocycles. The Morgan fingerprint density at radius 2 is 2.28 bits per heavy atom. The van der Waals surface area contributed by atoms with Crippen molar-refractivity contribution in [2.45, 2.75) is 45.6 Å². The zero-order valence-electron chi connectivity index (χ0n) is 16.4. The maximum Gasteiger partial charge on any atom is 0.320 e. The molecule has 4 unspecified atom stereocenters. The van der Waals surface area contributed by atoms with Gasteiger partial charge in [0.25, 0.3) is 8.18 Å². The van der Waals surface area contributed by atoms with E-state index in [-0.39, 0.29) is 42.5 Å². The van der Waals surface area contributed by atoms with Gasteiger partial charge in [0.2, 0.25) is 0 Å². The Labute approximate surface area is 167 Å². The number of carbonyl (C=O) groups is 1. The fraction of sp³-hybridized carbons (Fsp3) is 0.588. The van der Waals surface area contributed by atoms with Gasteiger partial charge in [-0.2, -0.15) is 0 Å². The lowest BCUT2D eigenvalue weighted by atomic mass is 10.1. The quantitative estimate of drug-likeness (QED) is 0.478. The molecule has 3 N–H and O–H groups in total. The number of halogens is 1. The minimum atomic E-state index is -2.63. The van der Waals surface area contributed by atoms with E-state index in [1.807, 2.05) is 6.92 Å². The summed E-state index contributed by atoms with van der Waals surface area (Å²) in [6.07, 6.45) is 2.14. The lowest BCUT2D eigenvalue weighted by molar-refractivity contribution is -0.145. The van der Waals surface area contributed by atoms with E-state index in [0.29, 0.717) is 12.1 Å². The van der Waals surface area contributed by atoms with Gasteiger partial charge in [0.05, 0.1) is 24.2 Å². The van der Waals surface area contributed by atoms with Crippen molar-refractivity contribution in [2.24, 2.45) is 5.92 Å². The SMILES string of the molecule is CC(C)OC(=O)CN[PH](=O)OCC1CC(C)C(n2cc(F)c3c(N)ncnc32)O1. The number of hydrogen-bond acceptors (Lipinski definition) is 8. The van der Waals surface area contributed by atoms with Gasteiger partial charge >= 0.3 is 5.97 Å². The number of nitrogens with one attached hydrogen (secondary N) is 1. The summed E-state index contributed by atoms with van der Waals surface area (Å²) in [7, 11) is -2.63. The molecule has 1 fully saturated rings. The normalized spacial score (nSPS) is 23.0. The molecule has 0 aromatic carbocycles. The smallest absolute Gasteiger partial charge is 0.320 e. The fourth-order valence-electron chi connectivity index (χ4n) is 3.29. The molecule has 160 valence electrons. The Morgan fingerprint density at radius 1 is 1.52 bits per heavy atom. The van der Waals surface area contributed by atoms with Crippen LogP contribution in [0.3, 0.4) is 0 Å². The van der Waals surface area contributed by atoms with E-state index < -0.39 is 26.2 Å². The standard InChI is InChI=1S/C17H25FN5O5P/c1-9(2)27-13(24)5-22-29(25)26-7-11-4-10(3)17(28-11)23-6-12(18)14-15(19)20-8-21-16(14)23/h6,8-11,17,29H,4-5,7H2,1-3H3,(H,22,25)(H2,19,20,21). The third-order valence-corrected chi connectivity index (χ3v) is 5.36. The molecule has 3 rings (SSSR count). The molecule has 1 aliphatic heterocycles. The fourth-order valence-corrected chi connectivity index (χ4v) is 4.02. The van der Waals surface area contributed by atoms with E-state index >= 15 is 0 Å². The van der Waals surface area contributed by atoms with Crippen molar-refractivity contribution in [2.75, 3.05) is 18.9 Å². The van der Waals surface area contributed by atoms with Crippen LogP contribution in [0.4, 0.5) is 10.2 Å². The summed E-state index contributed by atoms with van der Waals surface area (Å²) in [6, 6.07) is 0. The summed E-state index contributed by atoms with van der Waals surface area (Å²) in [5.41, 5.74) is 6.11. The number of carbonyl (C=O) groups excluding carboxylic acids is 1. The predicted octanol–water partition coefficient (Wildman–Crippen LogP) is 2.02. The number of rotatable bonds is 8. The lowest BCUT2D eigenvalue weighted by Gasteiger charge is -2.18. The molecule has 29 heavy (non-hydrogen) atoms. The molecule has 12 heteroatoms. The van der Waals surface area contributed by atoms with E-state index in [1.54, 1.807) is 18.4 Å². The van der Waals surface area contributed by atoms with Crippen molar-refractivity contribution in [3.8, 4) is 0 Å². The highest BCUT2D eigenvalue weighted by molar-refractivity contribution is 7.36. The van der Waals surface area contributed by atoms with Crippen LogP contribution in [-0.4, -0.2) is 45.9 Å². The van der Waals surface area contributed by atoms with E-state index in [9.17, 15) is 13.8 Å². The summed E-state index contributed by atoms with van der Waals surface area (Å²) in [5.74, 6) is -0.921. The number of nitrogens with zero attached hydrogens (tertiary/aromatic N) is 3. The van der Waals surface area contributed by atoms with Gasteiger partial charge in [-0.15, -0.1) is 0 Å². The minimum Gasteiger partial charge on any atom is -0.462 e. The molecule has 2 aromatic heterocycles. The number of esters is 1.